The van der Waals surface area contributed by atoms with Gasteiger partial charge in [0.25, 0.3) is 0 Å². The van der Waals surface area contributed by atoms with Crippen LogP contribution in [0.4, 0.5) is 5.82 Å². The molecular weight excluding hydrogens is 292 g/mol. The third-order valence-electron chi connectivity index (χ3n) is 5.18. The quantitative estimate of drug-likeness (QED) is 0.924. The van der Waals surface area contributed by atoms with E-state index in [-0.39, 0.29) is 0 Å². The Labute approximate surface area is 136 Å². The minimum absolute atomic E-state index is 0.465. The van der Waals surface area contributed by atoms with Crippen molar-refractivity contribution in [1.82, 2.24) is 15.3 Å². The van der Waals surface area contributed by atoms with E-state index < -0.39 is 0 Å². The van der Waals surface area contributed by atoms with Gasteiger partial charge in [-0.3, -0.25) is 0 Å². The first-order valence-corrected chi connectivity index (χ1v) is 9.23. The van der Waals surface area contributed by atoms with Crippen molar-refractivity contribution >= 4 is 27.4 Å². The van der Waals surface area contributed by atoms with Crippen LogP contribution >= 0.6 is 11.3 Å². The standard InChI is InChI=1S/C17H24N4S/c1-3-13-9-14-15(19-12(2)20-16(14)22-13)21-8-4-5-17(11-21)6-7-18-10-17/h9,18H,3-8,10-11H2,1-2H3. The van der Waals surface area contributed by atoms with Crippen molar-refractivity contribution in [3.8, 4) is 0 Å². The molecule has 1 atom stereocenters. The number of rotatable bonds is 2. The highest BCUT2D eigenvalue weighted by Crippen LogP contribution is 2.39. The number of piperidine rings is 1. The number of hydrogen-bond donors (Lipinski definition) is 1. The molecule has 22 heavy (non-hydrogen) atoms. The molecule has 4 nitrogen and oxygen atoms in total. The number of nitrogens with zero attached hydrogens (tertiary/aromatic N) is 3. The lowest BCUT2D eigenvalue weighted by Crippen LogP contribution is -2.45. The lowest BCUT2D eigenvalue weighted by molar-refractivity contribution is 0.260. The Balaban J connectivity index is 1.74. The Morgan fingerprint density at radius 1 is 1.36 bits per heavy atom. The zero-order chi connectivity index (χ0) is 15.2. The molecule has 0 aliphatic carbocycles. The molecule has 4 heterocycles. The first-order chi connectivity index (χ1) is 10.7. The van der Waals surface area contributed by atoms with Gasteiger partial charge in [0.15, 0.2) is 0 Å². The van der Waals surface area contributed by atoms with E-state index in [4.69, 9.17) is 4.98 Å². The summed E-state index contributed by atoms with van der Waals surface area (Å²) in [7, 11) is 0. The molecule has 2 aliphatic rings. The van der Waals surface area contributed by atoms with Crippen LogP contribution < -0.4 is 10.2 Å². The Morgan fingerprint density at radius 3 is 3.05 bits per heavy atom. The Hall–Kier alpha value is -1.20. The Morgan fingerprint density at radius 2 is 2.27 bits per heavy atom. The molecule has 1 N–H and O–H groups in total. The van der Waals surface area contributed by atoms with Crippen LogP contribution in [0.2, 0.25) is 0 Å². The molecule has 4 rings (SSSR count). The van der Waals surface area contributed by atoms with Crippen molar-refractivity contribution < 1.29 is 0 Å². The maximum absolute atomic E-state index is 4.83. The molecular formula is C17H24N4S. The van der Waals surface area contributed by atoms with Crippen LogP contribution in [-0.4, -0.2) is 36.1 Å². The van der Waals surface area contributed by atoms with Crippen LogP contribution in [0.3, 0.4) is 0 Å². The van der Waals surface area contributed by atoms with Crippen molar-refractivity contribution in [2.75, 3.05) is 31.1 Å². The maximum Gasteiger partial charge on any atom is 0.141 e. The van der Waals surface area contributed by atoms with E-state index in [0.29, 0.717) is 5.41 Å². The van der Waals surface area contributed by atoms with E-state index in [1.54, 1.807) is 0 Å². The molecule has 0 aromatic carbocycles. The number of hydrogen-bond acceptors (Lipinski definition) is 5. The fourth-order valence-corrected chi connectivity index (χ4v) is 5.02. The van der Waals surface area contributed by atoms with E-state index in [9.17, 15) is 0 Å². The minimum atomic E-state index is 0.465. The van der Waals surface area contributed by atoms with Crippen molar-refractivity contribution in [3.05, 3.63) is 16.8 Å². The predicted molar refractivity (Wildman–Crippen MR) is 92.9 cm³/mol. The molecule has 2 fully saturated rings. The van der Waals surface area contributed by atoms with Gasteiger partial charge in [-0.15, -0.1) is 11.3 Å². The van der Waals surface area contributed by atoms with Crippen molar-refractivity contribution in [2.45, 2.75) is 39.5 Å². The summed E-state index contributed by atoms with van der Waals surface area (Å²) in [5, 5.41) is 4.82. The molecule has 2 aromatic heterocycles. The van der Waals surface area contributed by atoms with E-state index in [1.165, 1.54) is 48.4 Å². The van der Waals surface area contributed by atoms with Gasteiger partial charge < -0.3 is 10.2 Å². The van der Waals surface area contributed by atoms with Crippen molar-refractivity contribution in [3.63, 3.8) is 0 Å². The number of thiophene rings is 1. The highest BCUT2D eigenvalue weighted by atomic mass is 32.1. The van der Waals surface area contributed by atoms with Crippen LogP contribution in [0.5, 0.6) is 0 Å². The van der Waals surface area contributed by atoms with Crippen LogP contribution in [0.1, 0.15) is 36.9 Å². The van der Waals surface area contributed by atoms with Gasteiger partial charge in [-0.05, 0) is 45.2 Å². The summed E-state index contributed by atoms with van der Waals surface area (Å²) in [5.74, 6) is 2.07. The van der Waals surface area contributed by atoms with Gasteiger partial charge in [-0.25, -0.2) is 9.97 Å². The normalized spacial score (nSPS) is 25.5. The lowest BCUT2D eigenvalue weighted by Gasteiger charge is -2.40. The average molecular weight is 316 g/mol. The summed E-state index contributed by atoms with van der Waals surface area (Å²) < 4.78 is 0. The summed E-state index contributed by atoms with van der Waals surface area (Å²) in [5.41, 5.74) is 0.465. The van der Waals surface area contributed by atoms with Crippen molar-refractivity contribution in [1.29, 1.82) is 0 Å². The topological polar surface area (TPSA) is 41.0 Å². The molecule has 0 radical (unpaired) electrons. The third-order valence-corrected chi connectivity index (χ3v) is 6.35. The van der Waals surface area contributed by atoms with Gasteiger partial charge in [-0.2, -0.15) is 0 Å². The Kier molecular flexibility index (Phi) is 3.57. The van der Waals surface area contributed by atoms with Gasteiger partial charge in [-0.1, -0.05) is 6.92 Å². The molecule has 1 spiro atoms. The molecule has 118 valence electrons. The number of aromatic nitrogens is 2. The molecule has 0 saturated carbocycles. The highest BCUT2D eigenvalue weighted by molar-refractivity contribution is 7.18. The van der Waals surface area contributed by atoms with Crippen LogP contribution in [-0.2, 0) is 6.42 Å². The maximum atomic E-state index is 4.83. The third kappa shape index (κ3) is 2.40. The SMILES string of the molecule is CCc1cc2c(N3CCCC4(CCNC4)C3)nc(C)nc2s1. The molecule has 1 unspecified atom stereocenters. The number of nitrogens with one attached hydrogen (secondary N) is 1. The van der Waals surface area contributed by atoms with Gasteiger partial charge in [0, 0.05) is 29.9 Å². The fourth-order valence-electron chi connectivity index (χ4n) is 4.01. The van der Waals surface area contributed by atoms with E-state index in [0.717, 1.165) is 30.2 Å². The van der Waals surface area contributed by atoms with Crippen LogP contribution in [0.15, 0.2) is 6.07 Å². The second-order valence-corrected chi connectivity index (χ2v) is 7.95. The van der Waals surface area contributed by atoms with Crippen LogP contribution in [0, 0.1) is 12.3 Å². The molecule has 5 heteroatoms. The summed E-state index contributed by atoms with van der Waals surface area (Å²) in [4.78, 5) is 14.6. The van der Waals surface area contributed by atoms with Gasteiger partial charge >= 0.3 is 0 Å². The minimum Gasteiger partial charge on any atom is -0.355 e. The summed E-state index contributed by atoms with van der Waals surface area (Å²) in [6.45, 7) is 8.84. The zero-order valence-electron chi connectivity index (χ0n) is 13.5. The van der Waals surface area contributed by atoms with E-state index in [1.807, 2.05) is 18.3 Å². The lowest BCUT2D eigenvalue weighted by atomic mass is 9.79. The smallest absolute Gasteiger partial charge is 0.141 e. The van der Waals surface area contributed by atoms with Gasteiger partial charge in [0.2, 0.25) is 0 Å². The second kappa shape index (κ2) is 5.46. The molecule has 0 bridgehead atoms. The van der Waals surface area contributed by atoms with Gasteiger partial charge in [0.05, 0.1) is 5.39 Å². The predicted octanol–water partition coefficient (Wildman–Crippen LogP) is 3.14. The largest absolute Gasteiger partial charge is 0.355 e. The van der Waals surface area contributed by atoms with E-state index in [2.05, 4.69) is 28.2 Å². The first-order valence-electron chi connectivity index (χ1n) is 8.42. The summed E-state index contributed by atoms with van der Waals surface area (Å²) in [6, 6.07) is 2.31. The first kappa shape index (κ1) is 14.4. The molecule has 2 saturated heterocycles. The summed E-state index contributed by atoms with van der Waals surface area (Å²) >= 11 is 1.82. The molecule has 2 aromatic rings. The number of anilines is 1. The Bertz CT molecular complexity index is 687. The molecule has 2 aliphatic heterocycles. The average Bonchev–Trinajstić information content (AvgIpc) is 3.13. The van der Waals surface area contributed by atoms with Crippen LogP contribution in [0.25, 0.3) is 10.2 Å². The van der Waals surface area contributed by atoms with Crippen molar-refractivity contribution in [2.24, 2.45) is 5.41 Å². The summed E-state index contributed by atoms with van der Waals surface area (Å²) in [6.07, 6.45) is 5.01. The van der Waals surface area contributed by atoms with E-state index >= 15 is 0 Å². The number of fused-ring (bicyclic) bond motifs is 1. The fraction of sp³-hybridized carbons (Fsp3) is 0.647. The monoisotopic (exact) mass is 316 g/mol. The molecule has 0 amide bonds. The van der Waals surface area contributed by atoms with Gasteiger partial charge in [0.1, 0.15) is 16.5 Å². The second-order valence-electron chi connectivity index (χ2n) is 6.83. The highest BCUT2D eigenvalue weighted by Gasteiger charge is 2.38. The number of aryl methyl sites for hydroxylation is 2. The zero-order valence-corrected chi connectivity index (χ0v) is 14.3.